The summed E-state index contributed by atoms with van der Waals surface area (Å²) >= 11 is 0. The van der Waals surface area contributed by atoms with Crippen molar-refractivity contribution >= 4 is 12.3 Å². The number of rotatable bonds is 5. The summed E-state index contributed by atoms with van der Waals surface area (Å²) in [6, 6.07) is 4.74. The van der Waals surface area contributed by atoms with Gasteiger partial charge in [0.25, 0.3) is 5.91 Å². The number of hydrogen-bond acceptors (Lipinski definition) is 5. The predicted molar refractivity (Wildman–Crippen MR) is 111 cm³/mol. The van der Waals surface area contributed by atoms with Crippen LogP contribution in [-0.2, 0) is 17.5 Å². The number of carbonyl (C=O) groups excluding carboxylic acids is 2. The fourth-order valence-electron chi connectivity index (χ4n) is 5.52. The van der Waals surface area contributed by atoms with Crippen molar-refractivity contribution < 1.29 is 27.3 Å². The van der Waals surface area contributed by atoms with Gasteiger partial charge in [-0.2, -0.15) is 18.2 Å². The molecular formula is C23H25F3N4O3. The first-order chi connectivity index (χ1) is 15.7. The molecule has 2 saturated carbocycles. The van der Waals surface area contributed by atoms with Crippen molar-refractivity contribution in [3.05, 3.63) is 35.2 Å². The van der Waals surface area contributed by atoms with E-state index in [0.29, 0.717) is 17.7 Å². The second kappa shape index (κ2) is 7.85. The quantitative estimate of drug-likeness (QED) is 0.615. The van der Waals surface area contributed by atoms with Crippen molar-refractivity contribution in [2.75, 3.05) is 0 Å². The van der Waals surface area contributed by atoms with Crippen LogP contribution in [0.4, 0.5) is 13.2 Å². The highest BCUT2D eigenvalue weighted by Crippen LogP contribution is 2.42. The lowest BCUT2D eigenvalue weighted by Crippen LogP contribution is -2.62. The van der Waals surface area contributed by atoms with E-state index in [0.717, 1.165) is 56.9 Å². The summed E-state index contributed by atoms with van der Waals surface area (Å²) in [4.78, 5) is 32.7. The fourth-order valence-corrected chi connectivity index (χ4v) is 5.52. The van der Waals surface area contributed by atoms with Gasteiger partial charge in [0.05, 0.1) is 12.1 Å². The van der Waals surface area contributed by atoms with E-state index < -0.39 is 12.1 Å². The lowest BCUT2D eigenvalue weighted by atomic mass is 9.74. The maximum atomic E-state index is 13.4. The molecule has 1 aromatic carbocycles. The third kappa shape index (κ3) is 3.69. The number of benzene rings is 1. The van der Waals surface area contributed by atoms with Crippen molar-refractivity contribution in [2.45, 2.75) is 82.2 Å². The molecule has 7 nitrogen and oxygen atoms in total. The molecule has 0 spiro atoms. The van der Waals surface area contributed by atoms with Crippen LogP contribution in [0, 0.1) is 0 Å². The number of aromatic nitrogens is 2. The Hall–Kier alpha value is -2.91. The summed E-state index contributed by atoms with van der Waals surface area (Å²) in [5.74, 6) is -1.81. The average Bonchev–Trinajstić information content (AvgIpc) is 3.39. The third-order valence-corrected chi connectivity index (χ3v) is 7.49. The molecule has 2 aliphatic carbocycles. The lowest BCUT2D eigenvalue weighted by Gasteiger charge is -2.53. The molecule has 1 aromatic heterocycles. The molecule has 3 aliphatic rings. The molecule has 0 N–H and O–H groups in total. The number of amides is 2. The number of alkyl halides is 3. The first-order valence-corrected chi connectivity index (χ1v) is 11.3. The summed E-state index contributed by atoms with van der Waals surface area (Å²) < 4.78 is 42.8. The molecule has 5 rings (SSSR count). The van der Waals surface area contributed by atoms with Gasteiger partial charge in [0.1, 0.15) is 0 Å². The smallest absolute Gasteiger partial charge is 0.335 e. The molecule has 2 aromatic rings. The van der Waals surface area contributed by atoms with Gasteiger partial charge in [-0.25, -0.2) is 0 Å². The molecule has 1 aliphatic heterocycles. The molecule has 0 radical (unpaired) electrons. The minimum absolute atomic E-state index is 0.0363. The first-order valence-electron chi connectivity index (χ1n) is 11.3. The zero-order chi connectivity index (χ0) is 23.4. The normalized spacial score (nSPS) is 24.4. The van der Waals surface area contributed by atoms with Gasteiger partial charge < -0.3 is 14.3 Å². The van der Waals surface area contributed by atoms with Crippen LogP contribution < -0.4 is 0 Å². The zero-order valence-corrected chi connectivity index (χ0v) is 18.3. The number of fused-ring (bicyclic) bond motifs is 1. The third-order valence-electron chi connectivity index (χ3n) is 7.49. The van der Waals surface area contributed by atoms with Crippen LogP contribution >= 0.6 is 0 Å². The van der Waals surface area contributed by atoms with Gasteiger partial charge >= 0.3 is 12.1 Å². The topological polar surface area (TPSA) is 79.5 Å². The molecule has 2 amide bonds. The number of nitrogens with zero attached hydrogens (tertiary/aromatic N) is 4. The molecular weight excluding hydrogens is 437 g/mol. The summed E-state index contributed by atoms with van der Waals surface area (Å²) in [6.07, 6.45) is 2.92. The van der Waals surface area contributed by atoms with Gasteiger partial charge in [0.15, 0.2) is 0 Å². The van der Waals surface area contributed by atoms with Gasteiger partial charge in [-0.05, 0) is 50.7 Å². The van der Waals surface area contributed by atoms with Crippen LogP contribution in [0.3, 0.4) is 0 Å². The summed E-state index contributed by atoms with van der Waals surface area (Å²) in [5.41, 5.74) is 1.38. The summed E-state index contributed by atoms with van der Waals surface area (Å²) in [5, 5.41) is 3.42. The minimum Gasteiger partial charge on any atom is -0.335 e. The van der Waals surface area contributed by atoms with Crippen LogP contribution in [0.1, 0.15) is 73.7 Å². The van der Waals surface area contributed by atoms with E-state index in [9.17, 15) is 22.8 Å². The van der Waals surface area contributed by atoms with Crippen LogP contribution in [0.25, 0.3) is 11.4 Å². The molecule has 176 valence electrons. The lowest BCUT2D eigenvalue weighted by molar-refractivity contribution is -0.159. The number of halogens is 3. The van der Waals surface area contributed by atoms with E-state index in [2.05, 4.69) is 21.6 Å². The summed E-state index contributed by atoms with van der Waals surface area (Å²) in [7, 11) is 0. The monoisotopic (exact) mass is 462 g/mol. The Morgan fingerprint density at radius 1 is 1.21 bits per heavy atom. The van der Waals surface area contributed by atoms with E-state index in [1.165, 1.54) is 6.07 Å². The second-order valence-electron chi connectivity index (χ2n) is 9.51. The number of hydrogen-bond donors (Lipinski definition) is 0. The molecule has 0 saturated heterocycles. The zero-order valence-electron chi connectivity index (χ0n) is 18.3. The molecule has 33 heavy (non-hydrogen) atoms. The Labute approximate surface area is 188 Å². The van der Waals surface area contributed by atoms with Crippen LogP contribution in [0.5, 0.6) is 0 Å². The highest BCUT2D eigenvalue weighted by atomic mass is 19.4. The highest BCUT2D eigenvalue weighted by molar-refractivity contribution is 5.99. The second-order valence-corrected chi connectivity index (χ2v) is 9.51. The Bertz CT molecular complexity index is 1080. The molecule has 10 heteroatoms. The number of carbonyl (C=O) groups is 2. The maximum absolute atomic E-state index is 13.4. The largest absolute Gasteiger partial charge is 0.471 e. The maximum Gasteiger partial charge on any atom is 0.471 e. The van der Waals surface area contributed by atoms with Gasteiger partial charge in [-0.3, -0.25) is 9.59 Å². The van der Waals surface area contributed by atoms with Gasteiger partial charge in [0.2, 0.25) is 12.2 Å². The van der Waals surface area contributed by atoms with Crippen molar-refractivity contribution in [3.63, 3.8) is 0 Å². The minimum atomic E-state index is -4.73. The van der Waals surface area contributed by atoms with Gasteiger partial charge in [-0.15, -0.1) is 0 Å². The molecule has 2 fully saturated rings. The van der Waals surface area contributed by atoms with E-state index in [1.54, 1.807) is 12.1 Å². The van der Waals surface area contributed by atoms with Gasteiger partial charge in [-0.1, -0.05) is 30.1 Å². The van der Waals surface area contributed by atoms with Crippen LogP contribution in [0.15, 0.2) is 22.7 Å². The van der Waals surface area contributed by atoms with Crippen LogP contribution in [-0.4, -0.2) is 49.9 Å². The average molecular weight is 462 g/mol. The SMILES string of the molecule is CC1(N(C=O)[C@@H]2CCCC[C@H]2N2Cc3ccc(-c4noc(C(F)(F)F)n4)cc3C2=O)CCC1. The Morgan fingerprint density at radius 3 is 2.61 bits per heavy atom. The predicted octanol–water partition coefficient (Wildman–Crippen LogP) is 4.42. The van der Waals surface area contributed by atoms with E-state index in [4.69, 9.17) is 0 Å². The first kappa shape index (κ1) is 21.9. The molecule has 2 atom stereocenters. The van der Waals surface area contributed by atoms with E-state index in [-0.39, 0.29) is 29.4 Å². The summed E-state index contributed by atoms with van der Waals surface area (Å²) in [6.45, 7) is 2.53. The Kier molecular flexibility index (Phi) is 5.21. The van der Waals surface area contributed by atoms with Gasteiger partial charge in [0, 0.05) is 23.2 Å². The van der Waals surface area contributed by atoms with E-state index >= 15 is 0 Å². The highest BCUT2D eigenvalue weighted by Gasteiger charge is 2.47. The van der Waals surface area contributed by atoms with Crippen LogP contribution in [0.2, 0.25) is 0 Å². The Balaban J connectivity index is 1.41. The standard InChI is InChI=1S/C23H25F3N4O3/c1-22(9-4-10-22)30(13-31)18-6-3-2-5-17(18)29-12-15-8-7-14(11-16(15)20(29)32)19-27-21(33-28-19)23(24,25)26/h7-8,11,13,17-18H,2-6,9-10,12H2,1H3/t17-,18-/m1/s1. The van der Waals surface area contributed by atoms with Crippen molar-refractivity contribution in [2.24, 2.45) is 0 Å². The molecule has 0 bridgehead atoms. The Morgan fingerprint density at radius 2 is 1.97 bits per heavy atom. The van der Waals surface area contributed by atoms with Crippen molar-refractivity contribution in [1.82, 2.24) is 19.9 Å². The fraction of sp³-hybridized carbons (Fsp3) is 0.565. The van der Waals surface area contributed by atoms with Crippen molar-refractivity contribution in [1.29, 1.82) is 0 Å². The van der Waals surface area contributed by atoms with Crippen molar-refractivity contribution in [3.8, 4) is 11.4 Å². The molecule has 0 unspecified atom stereocenters. The molecule has 2 heterocycles. The van der Waals surface area contributed by atoms with E-state index in [1.807, 2.05) is 9.80 Å².